The third-order valence-electron chi connectivity index (χ3n) is 5.16. The van der Waals surface area contributed by atoms with Crippen molar-refractivity contribution >= 4 is 35.6 Å². The lowest BCUT2D eigenvalue weighted by Crippen LogP contribution is -2.44. The van der Waals surface area contributed by atoms with E-state index in [4.69, 9.17) is 36.1 Å². The van der Waals surface area contributed by atoms with Gasteiger partial charge < -0.3 is 24.6 Å². The maximum absolute atomic E-state index is 12.2. The molecule has 0 amide bonds. The summed E-state index contributed by atoms with van der Waals surface area (Å²) in [6.45, 7) is 8.28. The summed E-state index contributed by atoms with van der Waals surface area (Å²) in [5.41, 5.74) is 3.98. The molecule has 2 aliphatic rings. The predicted molar refractivity (Wildman–Crippen MR) is 121 cm³/mol. The van der Waals surface area contributed by atoms with Crippen LogP contribution in [0.5, 0.6) is 0 Å². The van der Waals surface area contributed by atoms with E-state index in [2.05, 4.69) is 35.7 Å². The summed E-state index contributed by atoms with van der Waals surface area (Å²) in [6, 6.07) is 0. The molecule has 4 rings (SSSR count). The molecule has 2 aromatic heterocycles. The van der Waals surface area contributed by atoms with Gasteiger partial charge in [0.25, 0.3) is 5.56 Å². The summed E-state index contributed by atoms with van der Waals surface area (Å²) in [5.74, 6) is -0.0324. The van der Waals surface area contributed by atoms with E-state index in [9.17, 15) is 9.69 Å². The fourth-order valence-electron chi connectivity index (χ4n) is 4.45. The second-order valence-corrected chi connectivity index (χ2v) is 13.3. The number of aromatic amines is 1. The molecule has 0 spiro atoms. The molecule has 2 fully saturated rings. The van der Waals surface area contributed by atoms with Gasteiger partial charge in [-0.05, 0) is 44.4 Å². The zero-order valence-corrected chi connectivity index (χ0v) is 20.7. The Kier molecular flexibility index (Phi) is 5.61. The molecule has 2 saturated heterocycles. The van der Waals surface area contributed by atoms with E-state index >= 15 is 0 Å². The number of nitrogen functional groups attached to an aromatic ring is 1. The highest BCUT2D eigenvalue weighted by Gasteiger charge is 2.65. The summed E-state index contributed by atoms with van der Waals surface area (Å²) in [5, 5.41) is 0. The van der Waals surface area contributed by atoms with Crippen molar-refractivity contribution in [1.29, 1.82) is 0 Å². The first kappa shape index (κ1) is 23.7. The Morgan fingerprint density at radius 3 is 2.72 bits per heavy atom. The standard InChI is InChI=1S/C19H30N5O6PS/c1-17(2,3)7-19-8-27-11(12(19)29-31(26,32)30-18(4,5)6)15(28-19)24-9-21-10-13(24)22-16(20)23-14(10)25/h9,11-12,15H,7-8H2,1-6H3,(H,26,32)(H3,20,22,23,25)/t11?,12?,15-,19+,31?/m1/s1. The normalized spacial score (nSPS) is 30.2. The Labute approximate surface area is 190 Å². The van der Waals surface area contributed by atoms with E-state index in [1.165, 1.54) is 6.33 Å². The summed E-state index contributed by atoms with van der Waals surface area (Å²) >= 11 is 5.32. The molecule has 3 unspecified atom stereocenters. The molecule has 0 radical (unpaired) electrons. The molecule has 13 heteroatoms. The van der Waals surface area contributed by atoms with Crippen molar-refractivity contribution in [3.63, 3.8) is 0 Å². The van der Waals surface area contributed by atoms with E-state index in [-0.39, 0.29) is 29.1 Å². The number of rotatable bonds is 5. The highest BCUT2D eigenvalue weighted by molar-refractivity contribution is 8.07. The summed E-state index contributed by atoms with van der Waals surface area (Å²) < 4.78 is 26.0. The number of anilines is 1. The van der Waals surface area contributed by atoms with Crippen LogP contribution in [-0.2, 0) is 30.3 Å². The fourth-order valence-corrected chi connectivity index (χ4v) is 6.73. The van der Waals surface area contributed by atoms with Gasteiger partial charge in [0.15, 0.2) is 17.4 Å². The third kappa shape index (κ3) is 4.50. The van der Waals surface area contributed by atoms with Gasteiger partial charge in [0.2, 0.25) is 5.95 Å². The lowest BCUT2D eigenvalue weighted by Gasteiger charge is -2.37. The lowest BCUT2D eigenvalue weighted by molar-refractivity contribution is -0.182. The molecule has 5 atom stereocenters. The van der Waals surface area contributed by atoms with Crippen LogP contribution in [0, 0.1) is 5.41 Å². The van der Waals surface area contributed by atoms with E-state index in [1.54, 1.807) is 25.3 Å². The number of nitrogens with one attached hydrogen (secondary N) is 1. The number of H-pyrrole nitrogens is 1. The number of ether oxygens (including phenoxy) is 2. The minimum absolute atomic E-state index is 0.0324. The van der Waals surface area contributed by atoms with Crippen LogP contribution in [0.2, 0.25) is 0 Å². The van der Waals surface area contributed by atoms with Crippen LogP contribution in [0.15, 0.2) is 11.1 Å². The highest BCUT2D eigenvalue weighted by Crippen LogP contribution is 2.58. The molecule has 0 aliphatic carbocycles. The summed E-state index contributed by atoms with van der Waals surface area (Å²) in [6.07, 6.45) is 0.00536. The number of aromatic nitrogens is 4. The molecule has 0 saturated carbocycles. The molecule has 0 aromatic carbocycles. The Morgan fingerprint density at radius 2 is 2.09 bits per heavy atom. The minimum Gasteiger partial charge on any atom is -0.369 e. The average molecular weight is 488 g/mol. The predicted octanol–water partition coefficient (Wildman–Crippen LogP) is 2.22. The molecule has 2 aliphatic heterocycles. The number of nitrogens with two attached hydrogens (primary N) is 1. The van der Waals surface area contributed by atoms with Crippen LogP contribution >= 0.6 is 6.72 Å². The monoisotopic (exact) mass is 487 g/mol. The van der Waals surface area contributed by atoms with Crippen LogP contribution in [-0.4, -0.2) is 54.4 Å². The van der Waals surface area contributed by atoms with E-state index in [0.717, 1.165) is 0 Å². The van der Waals surface area contributed by atoms with Gasteiger partial charge in [-0.15, -0.1) is 0 Å². The first-order valence-corrected chi connectivity index (χ1v) is 12.9. The van der Waals surface area contributed by atoms with Crippen molar-refractivity contribution in [1.82, 2.24) is 19.5 Å². The van der Waals surface area contributed by atoms with Gasteiger partial charge in [0.1, 0.15) is 17.8 Å². The third-order valence-corrected chi connectivity index (χ3v) is 6.92. The molecular formula is C19H30N5O6PS. The van der Waals surface area contributed by atoms with Gasteiger partial charge in [-0.3, -0.25) is 18.9 Å². The number of nitrogens with zero attached hydrogens (tertiary/aromatic N) is 3. The molecule has 32 heavy (non-hydrogen) atoms. The fraction of sp³-hybridized carbons (Fsp3) is 0.737. The molecule has 2 aromatic rings. The van der Waals surface area contributed by atoms with Crippen molar-refractivity contribution in [2.75, 3.05) is 12.3 Å². The zero-order chi connectivity index (χ0) is 23.7. The first-order valence-electron chi connectivity index (χ1n) is 10.3. The molecule has 4 N–H and O–H groups in total. The van der Waals surface area contributed by atoms with Crippen LogP contribution in [0.3, 0.4) is 0 Å². The second kappa shape index (κ2) is 7.56. The Hall–Kier alpha value is -1.40. The van der Waals surface area contributed by atoms with Gasteiger partial charge in [0.05, 0.1) is 18.5 Å². The Bertz CT molecular complexity index is 1140. The van der Waals surface area contributed by atoms with E-state index < -0.39 is 41.9 Å². The Balaban J connectivity index is 1.74. The molecular weight excluding hydrogens is 457 g/mol. The van der Waals surface area contributed by atoms with E-state index in [1.807, 2.05) is 0 Å². The van der Waals surface area contributed by atoms with Gasteiger partial charge in [-0.25, -0.2) is 4.98 Å². The lowest BCUT2D eigenvalue weighted by atomic mass is 9.80. The highest BCUT2D eigenvalue weighted by atomic mass is 32.5. The van der Waals surface area contributed by atoms with Crippen LogP contribution in [0.1, 0.15) is 54.2 Å². The molecule has 178 valence electrons. The van der Waals surface area contributed by atoms with Crippen LogP contribution in [0.25, 0.3) is 11.2 Å². The van der Waals surface area contributed by atoms with Crippen molar-refractivity contribution in [2.45, 2.75) is 77.6 Å². The van der Waals surface area contributed by atoms with Crippen LogP contribution < -0.4 is 11.3 Å². The zero-order valence-electron chi connectivity index (χ0n) is 19.0. The second-order valence-electron chi connectivity index (χ2n) is 10.6. The van der Waals surface area contributed by atoms with E-state index in [0.29, 0.717) is 6.42 Å². The van der Waals surface area contributed by atoms with Crippen molar-refractivity contribution in [2.24, 2.45) is 5.41 Å². The molecule has 11 nitrogen and oxygen atoms in total. The number of hydrogen-bond donors (Lipinski definition) is 3. The van der Waals surface area contributed by atoms with Crippen molar-refractivity contribution in [3.8, 4) is 0 Å². The van der Waals surface area contributed by atoms with Crippen molar-refractivity contribution < 1.29 is 23.4 Å². The summed E-state index contributed by atoms with van der Waals surface area (Å²) in [4.78, 5) is 33.9. The number of fused-ring (bicyclic) bond motifs is 3. The number of hydrogen-bond acceptors (Lipinski definition) is 9. The molecule has 4 heterocycles. The topological polar surface area (TPSA) is 147 Å². The van der Waals surface area contributed by atoms with Gasteiger partial charge in [0, 0.05) is 0 Å². The Morgan fingerprint density at radius 1 is 1.41 bits per heavy atom. The molecule has 2 bridgehead atoms. The smallest absolute Gasteiger partial charge is 0.325 e. The largest absolute Gasteiger partial charge is 0.369 e. The maximum atomic E-state index is 12.2. The van der Waals surface area contributed by atoms with Gasteiger partial charge >= 0.3 is 6.72 Å². The van der Waals surface area contributed by atoms with Crippen LogP contribution in [0.4, 0.5) is 5.95 Å². The van der Waals surface area contributed by atoms with Gasteiger partial charge in [-0.2, -0.15) is 4.98 Å². The van der Waals surface area contributed by atoms with Gasteiger partial charge in [-0.1, -0.05) is 20.8 Å². The summed E-state index contributed by atoms with van der Waals surface area (Å²) in [7, 11) is 0. The SMILES string of the molecule is CC(C)(C)C[C@]12COC(C1OP(O)(=S)OC(C)(C)C)[C@H](n1cnc3c(=O)[nH]c(N)nc31)O2. The quantitative estimate of drug-likeness (QED) is 0.536. The van der Waals surface area contributed by atoms with Crippen molar-refractivity contribution in [3.05, 3.63) is 16.7 Å². The first-order chi connectivity index (χ1) is 14.6. The maximum Gasteiger partial charge on any atom is 0.325 e. The number of imidazole rings is 1. The minimum atomic E-state index is -3.62. The average Bonchev–Trinajstić information content (AvgIpc) is 3.20.